The van der Waals surface area contributed by atoms with E-state index in [2.05, 4.69) is 10.9 Å². The van der Waals surface area contributed by atoms with Crippen molar-refractivity contribution in [1.82, 2.24) is 9.55 Å². The minimum Gasteiger partial charge on any atom is -0.461 e. The SMILES string of the molecule is C#CCn1c(C)nc2sc(C(=O)OCC(C)C)c(C)c2c1=O. The molecule has 6 heteroatoms. The van der Waals surface area contributed by atoms with Gasteiger partial charge in [-0.1, -0.05) is 19.8 Å². The van der Waals surface area contributed by atoms with Crippen LogP contribution >= 0.6 is 11.3 Å². The molecule has 0 spiro atoms. The van der Waals surface area contributed by atoms with Gasteiger partial charge in [0.2, 0.25) is 0 Å². The van der Waals surface area contributed by atoms with Crippen molar-refractivity contribution in [2.75, 3.05) is 6.61 Å². The van der Waals surface area contributed by atoms with E-state index in [0.29, 0.717) is 33.1 Å². The molecule has 0 saturated carbocycles. The van der Waals surface area contributed by atoms with Gasteiger partial charge in [0.05, 0.1) is 18.5 Å². The first-order chi connectivity index (χ1) is 10.4. The lowest BCUT2D eigenvalue weighted by molar-refractivity contribution is 0.0464. The standard InChI is InChI=1S/C16H18N2O3S/c1-6-7-18-11(5)17-14-12(15(18)19)10(4)13(22-14)16(20)21-8-9(2)3/h1,9H,7-8H2,2-5H3. The number of carbonyl (C=O) groups is 1. The maximum absolute atomic E-state index is 12.5. The molecule has 0 saturated heterocycles. The van der Waals surface area contributed by atoms with Crippen molar-refractivity contribution >= 4 is 27.5 Å². The summed E-state index contributed by atoms with van der Waals surface area (Å²) < 4.78 is 6.69. The van der Waals surface area contributed by atoms with Crippen molar-refractivity contribution in [3.8, 4) is 12.3 Å². The number of aryl methyl sites for hydroxylation is 2. The highest BCUT2D eigenvalue weighted by Crippen LogP contribution is 2.28. The maximum Gasteiger partial charge on any atom is 0.348 e. The first-order valence-corrected chi connectivity index (χ1v) is 7.79. The summed E-state index contributed by atoms with van der Waals surface area (Å²) in [5.74, 6) is 2.84. The van der Waals surface area contributed by atoms with Crippen LogP contribution < -0.4 is 5.56 Å². The summed E-state index contributed by atoms with van der Waals surface area (Å²) >= 11 is 1.19. The highest BCUT2D eigenvalue weighted by atomic mass is 32.1. The first kappa shape index (κ1) is 16.2. The number of thiophene rings is 1. The number of esters is 1. The zero-order valence-electron chi connectivity index (χ0n) is 13.1. The van der Waals surface area contributed by atoms with E-state index in [0.717, 1.165) is 0 Å². The summed E-state index contributed by atoms with van der Waals surface area (Å²) in [5.41, 5.74) is 0.397. The second-order valence-electron chi connectivity index (χ2n) is 5.48. The van der Waals surface area contributed by atoms with Gasteiger partial charge in [-0.15, -0.1) is 17.8 Å². The van der Waals surface area contributed by atoms with Crippen molar-refractivity contribution in [3.63, 3.8) is 0 Å². The van der Waals surface area contributed by atoms with Gasteiger partial charge >= 0.3 is 5.97 Å². The maximum atomic E-state index is 12.5. The number of carbonyl (C=O) groups excluding carboxylic acids is 1. The van der Waals surface area contributed by atoms with Gasteiger partial charge in [-0.05, 0) is 25.3 Å². The van der Waals surface area contributed by atoms with Gasteiger partial charge in [0.15, 0.2) is 0 Å². The van der Waals surface area contributed by atoms with Crippen LogP contribution in [-0.2, 0) is 11.3 Å². The number of terminal acetylenes is 1. The fourth-order valence-electron chi connectivity index (χ4n) is 2.10. The van der Waals surface area contributed by atoms with Gasteiger partial charge < -0.3 is 4.74 Å². The molecule has 0 aliphatic heterocycles. The van der Waals surface area contributed by atoms with Crippen LogP contribution in [0.25, 0.3) is 10.2 Å². The second-order valence-corrected chi connectivity index (χ2v) is 6.48. The number of fused-ring (bicyclic) bond motifs is 1. The van der Waals surface area contributed by atoms with Crippen molar-refractivity contribution in [2.45, 2.75) is 34.2 Å². The Hall–Kier alpha value is -2.13. The molecule has 0 fully saturated rings. The Morgan fingerprint density at radius 1 is 1.45 bits per heavy atom. The third kappa shape index (κ3) is 2.90. The fourth-order valence-corrected chi connectivity index (χ4v) is 3.21. The van der Waals surface area contributed by atoms with E-state index in [9.17, 15) is 9.59 Å². The molecular formula is C16H18N2O3S. The van der Waals surface area contributed by atoms with E-state index in [1.54, 1.807) is 13.8 Å². The summed E-state index contributed by atoms with van der Waals surface area (Å²) in [6.07, 6.45) is 5.29. The van der Waals surface area contributed by atoms with Gasteiger partial charge in [0.1, 0.15) is 15.5 Å². The normalized spacial score (nSPS) is 10.9. The minimum atomic E-state index is -0.408. The number of nitrogens with zero attached hydrogens (tertiary/aromatic N) is 2. The summed E-state index contributed by atoms with van der Waals surface area (Å²) in [7, 11) is 0. The number of rotatable bonds is 4. The van der Waals surface area contributed by atoms with Gasteiger partial charge in [-0.2, -0.15) is 0 Å². The molecule has 0 radical (unpaired) electrons. The summed E-state index contributed by atoms with van der Waals surface area (Å²) in [6.45, 7) is 7.91. The molecule has 0 amide bonds. The molecule has 0 unspecified atom stereocenters. The lowest BCUT2D eigenvalue weighted by Gasteiger charge is -2.06. The molecule has 0 bridgehead atoms. The molecule has 0 N–H and O–H groups in total. The highest BCUT2D eigenvalue weighted by molar-refractivity contribution is 7.20. The third-order valence-corrected chi connectivity index (χ3v) is 4.39. The lowest BCUT2D eigenvalue weighted by atomic mass is 10.2. The Bertz CT molecular complexity index is 824. The van der Waals surface area contributed by atoms with Crippen molar-refractivity contribution in [3.05, 3.63) is 26.6 Å². The van der Waals surface area contributed by atoms with E-state index in [-0.39, 0.29) is 18.0 Å². The van der Waals surface area contributed by atoms with E-state index >= 15 is 0 Å². The minimum absolute atomic E-state index is 0.163. The van der Waals surface area contributed by atoms with Crippen LogP contribution in [0.3, 0.4) is 0 Å². The van der Waals surface area contributed by atoms with Crippen molar-refractivity contribution in [1.29, 1.82) is 0 Å². The quantitative estimate of drug-likeness (QED) is 0.642. The molecule has 5 nitrogen and oxygen atoms in total. The molecule has 2 heterocycles. The van der Waals surface area contributed by atoms with E-state index in [1.807, 2.05) is 13.8 Å². The Labute approximate surface area is 132 Å². The van der Waals surface area contributed by atoms with Crippen molar-refractivity contribution in [2.24, 2.45) is 5.92 Å². The fraction of sp³-hybridized carbons (Fsp3) is 0.438. The van der Waals surface area contributed by atoms with Gasteiger partial charge in [0, 0.05) is 0 Å². The van der Waals surface area contributed by atoms with Gasteiger partial charge in [-0.25, -0.2) is 9.78 Å². The molecule has 0 atom stereocenters. The number of aromatic nitrogens is 2. The average molecular weight is 318 g/mol. The Morgan fingerprint density at radius 3 is 2.73 bits per heavy atom. The number of hydrogen-bond donors (Lipinski definition) is 0. The molecule has 116 valence electrons. The molecule has 0 aliphatic rings. The second kappa shape index (κ2) is 6.32. The van der Waals surface area contributed by atoms with Crippen LogP contribution in [0.4, 0.5) is 0 Å². The Balaban J connectivity index is 2.55. The highest BCUT2D eigenvalue weighted by Gasteiger charge is 2.21. The predicted octanol–water partition coefficient (Wildman–Crippen LogP) is 2.52. The van der Waals surface area contributed by atoms with Crippen LogP contribution in [-0.4, -0.2) is 22.1 Å². The third-order valence-electron chi connectivity index (χ3n) is 3.22. The smallest absolute Gasteiger partial charge is 0.348 e. The molecule has 2 aromatic heterocycles. The average Bonchev–Trinajstić information content (AvgIpc) is 2.77. The number of ether oxygens (including phenoxy) is 1. The zero-order valence-corrected chi connectivity index (χ0v) is 13.9. The summed E-state index contributed by atoms with van der Waals surface area (Å²) in [6, 6.07) is 0. The van der Waals surface area contributed by atoms with Crippen LogP contribution in [0.1, 0.15) is 34.9 Å². The zero-order chi connectivity index (χ0) is 16.4. The molecule has 0 aliphatic carbocycles. The van der Waals surface area contributed by atoms with Crippen LogP contribution in [0, 0.1) is 32.1 Å². The van der Waals surface area contributed by atoms with Crippen LogP contribution in [0.5, 0.6) is 0 Å². The molecular weight excluding hydrogens is 300 g/mol. The Kier molecular flexibility index (Phi) is 4.67. The van der Waals surface area contributed by atoms with E-state index in [4.69, 9.17) is 11.2 Å². The Morgan fingerprint density at radius 2 is 2.14 bits per heavy atom. The van der Waals surface area contributed by atoms with Crippen LogP contribution in [0.15, 0.2) is 4.79 Å². The largest absolute Gasteiger partial charge is 0.461 e. The summed E-state index contributed by atoms with van der Waals surface area (Å²) in [4.78, 5) is 30.1. The van der Waals surface area contributed by atoms with Crippen LogP contribution in [0.2, 0.25) is 0 Å². The van der Waals surface area contributed by atoms with Gasteiger partial charge in [0.25, 0.3) is 5.56 Å². The van der Waals surface area contributed by atoms with E-state index < -0.39 is 5.97 Å². The molecule has 22 heavy (non-hydrogen) atoms. The summed E-state index contributed by atoms with van der Waals surface area (Å²) in [5, 5.41) is 0.447. The van der Waals surface area contributed by atoms with Crippen molar-refractivity contribution < 1.29 is 9.53 Å². The number of hydrogen-bond acceptors (Lipinski definition) is 5. The molecule has 2 aromatic rings. The topological polar surface area (TPSA) is 61.2 Å². The molecule has 0 aromatic carbocycles. The van der Waals surface area contributed by atoms with Gasteiger partial charge in [-0.3, -0.25) is 9.36 Å². The molecule has 2 rings (SSSR count). The van der Waals surface area contributed by atoms with E-state index in [1.165, 1.54) is 15.9 Å². The first-order valence-electron chi connectivity index (χ1n) is 6.98. The monoisotopic (exact) mass is 318 g/mol. The lowest BCUT2D eigenvalue weighted by Crippen LogP contribution is -2.23. The predicted molar refractivity (Wildman–Crippen MR) is 87.3 cm³/mol.